The van der Waals surface area contributed by atoms with Crippen molar-refractivity contribution in [2.24, 2.45) is 0 Å². The highest BCUT2D eigenvalue weighted by Gasteiger charge is 2.14. The molecule has 2 amide bonds. The quantitative estimate of drug-likeness (QED) is 0.555. The van der Waals surface area contributed by atoms with Gasteiger partial charge in [-0.15, -0.1) is 11.3 Å². The van der Waals surface area contributed by atoms with E-state index in [1.165, 1.54) is 11.5 Å². The fourth-order valence-corrected chi connectivity index (χ4v) is 2.24. The summed E-state index contributed by atoms with van der Waals surface area (Å²) in [6.45, 7) is 3.99. The molecule has 17 heavy (non-hydrogen) atoms. The first-order valence-corrected chi connectivity index (χ1v) is 6.25. The molecule has 0 saturated heterocycles. The fraction of sp³-hybridized carbons (Fsp3) is 0.455. The SMILES string of the molecule is CCCC(C)NC(=O)c1ccc(C(=O)NO)s1. The number of rotatable bonds is 5. The van der Waals surface area contributed by atoms with Crippen molar-refractivity contribution < 1.29 is 14.8 Å². The molecule has 0 bridgehead atoms. The Morgan fingerprint density at radius 1 is 1.35 bits per heavy atom. The van der Waals surface area contributed by atoms with Gasteiger partial charge < -0.3 is 5.32 Å². The summed E-state index contributed by atoms with van der Waals surface area (Å²) in [6.07, 6.45) is 1.92. The molecule has 0 aliphatic heterocycles. The third-order valence-corrected chi connectivity index (χ3v) is 3.34. The summed E-state index contributed by atoms with van der Waals surface area (Å²) in [5.41, 5.74) is 1.53. The van der Waals surface area contributed by atoms with Gasteiger partial charge >= 0.3 is 0 Å². The van der Waals surface area contributed by atoms with Gasteiger partial charge in [-0.25, -0.2) is 5.48 Å². The minimum absolute atomic E-state index is 0.115. The molecule has 0 spiro atoms. The summed E-state index contributed by atoms with van der Waals surface area (Å²) >= 11 is 1.05. The summed E-state index contributed by atoms with van der Waals surface area (Å²) in [7, 11) is 0. The second-order valence-electron chi connectivity index (χ2n) is 3.77. The van der Waals surface area contributed by atoms with E-state index in [2.05, 4.69) is 12.2 Å². The van der Waals surface area contributed by atoms with E-state index in [-0.39, 0.29) is 11.9 Å². The van der Waals surface area contributed by atoms with Gasteiger partial charge in [-0.2, -0.15) is 0 Å². The summed E-state index contributed by atoms with van der Waals surface area (Å²) in [5.74, 6) is -0.788. The van der Waals surface area contributed by atoms with Crippen molar-refractivity contribution in [3.8, 4) is 0 Å². The highest BCUT2D eigenvalue weighted by Crippen LogP contribution is 2.16. The van der Waals surface area contributed by atoms with Gasteiger partial charge in [0.05, 0.1) is 9.75 Å². The molecule has 94 valence electrons. The number of hydrogen-bond acceptors (Lipinski definition) is 4. The van der Waals surface area contributed by atoms with Gasteiger partial charge in [-0.1, -0.05) is 13.3 Å². The highest BCUT2D eigenvalue weighted by atomic mass is 32.1. The van der Waals surface area contributed by atoms with Crippen molar-refractivity contribution in [1.29, 1.82) is 0 Å². The molecule has 1 rings (SSSR count). The van der Waals surface area contributed by atoms with Gasteiger partial charge in [-0.05, 0) is 25.5 Å². The van der Waals surface area contributed by atoms with Crippen molar-refractivity contribution in [3.63, 3.8) is 0 Å². The van der Waals surface area contributed by atoms with Crippen LogP contribution in [-0.2, 0) is 0 Å². The van der Waals surface area contributed by atoms with E-state index in [0.717, 1.165) is 24.2 Å². The molecule has 0 aliphatic carbocycles. The third kappa shape index (κ3) is 3.83. The van der Waals surface area contributed by atoms with Crippen LogP contribution < -0.4 is 10.8 Å². The zero-order valence-corrected chi connectivity index (χ0v) is 10.6. The van der Waals surface area contributed by atoms with E-state index < -0.39 is 5.91 Å². The minimum atomic E-state index is -0.601. The number of nitrogens with one attached hydrogen (secondary N) is 2. The predicted octanol–water partition coefficient (Wildman–Crippen LogP) is 1.79. The molecular formula is C11H16N2O3S. The largest absolute Gasteiger partial charge is 0.349 e. The Labute approximate surface area is 104 Å². The van der Waals surface area contributed by atoms with Crippen molar-refractivity contribution in [2.45, 2.75) is 32.7 Å². The smallest absolute Gasteiger partial charge is 0.284 e. The van der Waals surface area contributed by atoms with Crippen LogP contribution in [0.5, 0.6) is 0 Å². The average Bonchev–Trinajstić information content (AvgIpc) is 2.77. The van der Waals surface area contributed by atoms with Crippen LogP contribution in [0, 0.1) is 0 Å². The minimum Gasteiger partial charge on any atom is -0.349 e. The number of carbonyl (C=O) groups is 2. The zero-order chi connectivity index (χ0) is 12.8. The summed E-state index contributed by atoms with van der Waals surface area (Å²) in [6, 6.07) is 3.20. The highest BCUT2D eigenvalue weighted by molar-refractivity contribution is 7.15. The topological polar surface area (TPSA) is 78.4 Å². The lowest BCUT2D eigenvalue weighted by Crippen LogP contribution is -2.31. The molecule has 0 aliphatic rings. The molecule has 6 heteroatoms. The van der Waals surface area contributed by atoms with Crippen LogP contribution in [0.2, 0.25) is 0 Å². The zero-order valence-electron chi connectivity index (χ0n) is 9.82. The first kappa shape index (κ1) is 13.7. The van der Waals surface area contributed by atoms with Gasteiger partial charge in [0.1, 0.15) is 0 Å². The number of thiophene rings is 1. The van der Waals surface area contributed by atoms with Gasteiger partial charge in [0, 0.05) is 6.04 Å². The Balaban J connectivity index is 2.64. The van der Waals surface area contributed by atoms with Crippen LogP contribution >= 0.6 is 11.3 Å². The molecule has 1 unspecified atom stereocenters. The van der Waals surface area contributed by atoms with Crippen LogP contribution in [0.15, 0.2) is 12.1 Å². The lowest BCUT2D eigenvalue weighted by molar-refractivity contribution is 0.0711. The molecule has 0 saturated carbocycles. The third-order valence-electron chi connectivity index (χ3n) is 2.25. The standard InChI is InChI=1S/C11H16N2O3S/c1-3-4-7(2)12-10(14)8-5-6-9(17-8)11(15)13-16/h5-7,16H,3-4H2,1-2H3,(H,12,14)(H,13,15). The molecule has 5 nitrogen and oxygen atoms in total. The monoisotopic (exact) mass is 256 g/mol. The van der Waals surface area contributed by atoms with Crippen molar-refractivity contribution in [2.75, 3.05) is 0 Å². The Kier molecular flexibility index (Phi) is 5.11. The van der Waals surface area contributed by atoms with Crippen molar-refractivity contribution in [1.82, 2.24) is 10.8 Å². The molecule has 1 aromatic rings. The molecule has 0 aromatic carbocycles. The second kappa shape index (κ2) is 6.36. The van der Waals surface area contributed by atoms with E-state index in [1.807, 2.05) is 6.92 Å². The van der Waals surface area contributed by atoms with Crippen molar-refractivity contribution in [3.05, 3.63) is 21.9 Å². The molecule has 1 heterocycles. The number of carbonyl (C=O) groups excluding carboxylic acids is 2. The van der Waals surface area contributed by atoms with E-state index in [1.54, 1.807) is 6.07 Å². The summed E-state index contributed by atoms with van der Waals surface area (Å²) < 4.78 is 0. The Hall–Kier alpha value is -1.40. The van der Waals surface area contributed by atoms with Crippen LogP contribution in [0.3, 0.4) is 0 Å². The molecule has 0 radical (unpaired) electrons. The van der Waals surface area contributed by atoms with Gasteiger partial charge in [-0.3, -0.25) is 14.8 Å². The Morgan fingerprint density at radius 3 is 2.47 bits per heavy atom. The number of hydroxylamine groups is 1. The lowest BCUT2D eigenvalue weighted by Gasteiger charge is -2.11. The Bertz CT molecular complexity index is 403. The molecule has 1 aromatic heterocycles. The van der Waals surface area contributed by atoms with E-state index >= 15 is 0 Å². The number of hydrogen-bond donors (Lipinski definition) is 3. The molecule has 1 atom stereocenters. The van der Waals surface area contributed by atoms with Gasteiger partial charge in [0.25, 0.3) is 11.8 Å². The van der Waals surface area contributed by atoms with E-state index in [0.29, 0.717) is 9.75 Å². The molecule has 3 N–H and O–H groups in total. The van der Waals surface area contributed by atoms with Crippen LogP contribution in [0.1, 0.15) is 46.0 Å². The molecular weight excluding hydrogens is 240 g/mol. The van der Waals surface area contributed by atoms with Crippen molar-refractivity contribution >= 4 is 23.2 Å². The first-order chi connectivity index (χ1) is 8.08. The number of amides is 2. The fourth-order valence-electron chi connectivity index (χ4n) is 1.44. The summed E-state index contributed by atoms with van der Waals surface area (Å²) in [5, 5.41) is 11.3. The maximum Gasteiger partial charge on any atom is 0.284 e. The normalized spacial score (nSPS) is 11.9. The maximum atomic E-state index is 11.8. The van der Waals surface area contributed by atoms with Crippen LogP contribution in [-0.4, -0.2) is 23.1 Å². The Morgan fingerprint density at radius 2 is 1.94 bits per heavy atom. The maximum absolute atomic E-state index is 11.8. The predicted molar refractivity (Wildman–Crippen MR) is 65.4 cm³/mol. The lowest BCUT2D eigenvalue weighted by atomic mass is 10.2. The van der Waals surface area contributed by atoms with Crippen LogP contribution in [0.4, 0.5) is 0 Å². The molecule has 0 fully saturated rings. The van der Waals surface area contributed by atoms with Gasteiger partial charge in [0.15, 0.2) is 0 Å². The van der Waals surface area contributed by atoms with Crippen LogP contribution in [0.25, 0.3) is 0 Å². The van der Waals surface area contributed by atoms with Gasteiger partial charge in [0.2, 0.25) is 0 Å². The average molecular weight is 256 g/mol. The first-order valence-electron chi connectivity index (χ1n) is 5.43. The summed E-state index contributed by atoms with van der Waals surface area (Å²) in [4.78, 5) is 23.6. The second-order valence-corrected chi connectivity index (χ2v) is 4.85. The van der Waals surface area contributed by atoms with E-state index in [9.17, 15) is 9.59 Å². The van der Waals surface area contributed by atoms with E-state index in [4.69, 9.17) is 5.21 Å².